The van der Waals surface area contributed by atoms with Crippen molar-refractivity contribution in [3.63, 3.8) is 0 Å². The van der Waals surface area contributed by atoms with Crippen molar-refractivity contribution in [1.29, 1.82) is 0 Å². The second-order valence-corrected chi connectivity index (χ2v) is 4.59. The lowest BCUT2D eigenvalue weighted by Crippen LogP contribution is -2.27. The summed E-state index contributed by atoms with van der Waals surface area (Å²) in [6.45, 7) is -0.368. The first kappa shape index (κ1) is 13.9. The van der Waals surface area contributed by atoms with Crippen molar-refractivity contribution < 1.29 is 14.9 Å². The van der Waals surface area contributed by atoms with Gasteiger partial charge in [0.15, 0.2) is 6.10 Å². The molecule has 0 bridgehead atoms. The summed E-state index contributed by atoms with van der Waals surface area (Å²) >= 11 is 5.81. The van der Waals surface area contributed by atoms with Crippen molar-refractivity contribution in [3.05, 3.63) is 65.2 Å². The summed E-state index contributed by atoms with van der Waals surface area (Å²) in [5, 5.41) is 19.6. The molecule has 2 aromatic carbocycles. The summed E-state index contributed by atoms with van der Waals surface area (Å²) in [6, 6.07) is 16.2. The van der Waals surface area contributed by atoms with Crippen molar-refractivity contribution in [2.24, 2.45) is 0 Å². The molecule has 2 N–H and O–H groups in total. The van der Waals surface area contributed by atoms with Crippen molar-refractivity contribution in [2.45, 2.75) is 12.2 Å². The fourth-order valence-electron chi connectivity index (χ4n) is 1.77. The third-order valence-electron chi connectivity index (χ3n) is 2.74. The Balaban J connectivity index is 2.21. The van der Waals surface area contributed by atoms with Crippen LogP contribution in [-0.4, -0.2) is 22.9 Å². The number of halogens is 1. The van der Waals surface area contributed by atoms with Gasteiger partial charge in [-0.1, -0.05) is 41.9 Å². The topological polar surface area (TPSA) is 49.7 Å². The van der Waals surface area contributed by atoms with Gasteiger partial charge in [0, 0.05) is 5.02 Å². The molecule has 0 amide bonds. The van der Waals surface area contributed by atoms with E-state index in [1.807, 2.05) is 30.3 Å². The highest BCUT2D eigenvalue weighted by molar-refractivity contribution is 6.30. The minimum atomic E-state index is -0.988. The molecule has 2 aromatic rings. The van der Waals surface area contributed by atoms with E-state index in [0.29, 0.717) is 10.8 Å². The fraction of sp³-hybridized carbons (Fsp3) is 0.200. The zero-order valence-corrected chi connectivity index (χ0v) is 11.0. The maximum absolute atomic E-state index is 9.89. The van der Waals surface area contributed by atoms with E-state index in [0.717, 1.165) is 5.56 Å². The van der Waals surface area contributed by atoms with Gasteiger partial charge in [-0.05, 0) is 29.8 Å². The molecule has 0 saturated carbocycles. The first-order valence-corrected chi connectivity index (χ1v) is 6.34. The second-order valence-electron chi connectivity index (χ2n) is 4.15. The van der Waals surface area contributed by atoms with Crippen LogP contribution in [-0.2, 0) is 0 Å². The maximum Gasteiger partial charge on any atom is 0.152 e. The van der Waals surface area contributed by atoms with E-state index in [9.17, 15) is 5.11 Å². The molecule has 0 aromatic heterocycles. The third-order valence-corrected chi connectivity index (χ3v) is 2.99. The van der Waals surface area contributed by atoms with Gasteiger partial charge < -0.3 is 14.9 Å². The van der Waals surface area contributed by atoms with Crippen LogP contribution in [0.1, 0.15) is 11.7 Å². The lowest BCUT2D eigenvalue weighted by atomic mass is 10.0. The lowest BCUT2D eigenvalue weighted by Gasteiger charge is -2.23. The van der Waals surface area contributed by atoms with Gasteiger partial charge in [0.1, 0.15) is 11.9 Å². The van der Waals surface area contributed by atoms with E-state index in [2.05, 4.69) is 0 Å². The molecule has 0 aliphatic heterocycles. The summed E-state index contributed by atoms with van der Waals surface area (Å²) in [5.74, 6) is 0.589. The average molecular weight is 279 g/mol. The standard InChI is InChI=1S/C15H15ClO3/c16-12-6-8-13(9-7-12)19-15(14(18)10-17)11-4-2-1-3-5-11/h1-9,14-15,17-18H,10H2/t14-,15+/m0/s1. The predicted octanol–water partition coefficient (Wildman–Crippen LogP) is 2.81. The first-order chi connectivity index (χ1) is 9.20. The zero-order valence-electron chi connectivity index (χ0n) is 10.2. The first-order valence-electron chi connectivity index (χ1n) is 5.97. The van der Waals surface area contributed by atoms with Gasteiger partial charge in [-0.15, -0.1) is 0 Å². The summed E-state index contributed by atoms with van der Waals surface area (Å²) in [4.78, 5) is 0. The number of hydrogen-bond acceptors (Lipinski definition) is 3. The van der Waals surface area contributed by atoms with Crippen LogP contribution in [0.4, 0.5) is 0 Å². The predicted molar refractivity (Wildman–Crippen MR) is 74.4 cm³/mol. The minimum Gasteiger partial charge on any atom is -0.483 e. The Bertz CT molecular complexity index is 499. The van der Waals surface area contributed by atoms with E-state index >= 15 is 0 Å². The van der Waals surface area contributed by atoms with Crippen LogP contribution in [0, 0.1) is 0 Å². The van der Waals surface area contributed by atoms with Crippen molar-refractivity contribution in [3.8, 4) is 5.75 Å². The normalized spacial score (nSPS) is 13.8. The molecule has 19 heavy (non-hydrogen) atoms. The molecule has 2 rings (SSSR count). The summed E-state index contributed by atoms with van der Waals surface area (Å²) < 4.78 is 5.74. The second kappa shape index (κ2) is 6.57. The number of aliphatic hydroxyl groups excluding tert-OH is 2. The highest BCUT2D eigenvalue weighted by Crippen LogP contribution is 2.25. The van der Waals surface area contributed by atoms with Crippen molar-refractivity contribution in [2.75, 3.05) is 6.61 Å². The Morgan fingerprint density at radius 2 is 1.63 bits per heavy atom. The molecule has 0 radical (unpaired) electrons. The molecule has 100 valence electrons. The van der Waals surface area contributed by atoms with Gasteiger partial charge in [-0.3, -0.25) is 0 Å². The van der Waals surface area contributed by atoms with Gasteiger partial charge in [0.25, 0.3) is 0 Å². The third kappa shape index (κ3) is 3.70. The van der Waals surface area contributed by atoms with Gasteiger partial charge in [0.05, 0.1) is 6.61 Å². The molecule has 0 aliphatic rings. The van der Waals surface area contributed by atoms with Gasteiger partial charge in [-0.25, -0.2) is 0 Å². The Morgan fingerprint density at radius 3 is 2.21 bits per heavy atom. The van der Waals surface area contributed by atoms with E-state index < -0.39 is 12.2 Å². The number of rotatable bonds is 5. The Labute approximate surface area is 117 Å². The molecule has 0 fully saturated rings. The van der Waals surface area contributed by atoms with Crippen LogP contribution in [0.2, 0.25) is 5.02 Å². The SMILES string of the molecule is OC[C@H](O)[C@H](Oc1ccc(Cl)cc1)c1ccccc1. The van der Waals surface area contributed by atoms with Crippen LogP contribution < -0.4 is 4.74 Å². The Kier molecular flexibility index (Phi) is 4.80. The van der Waals surface area contributed by atoms with Gasteiger partial charge >= 0.3 is 0 Å². The smallest absolute Gasteiger partial charge is 0.152 e. The number of aliphatic hydroxyl groups is 2. The number of hydrogen-bond donors (Lipinski definition) is 2. The number of ether oxygens (including phenoxy) is 1. The summed E-state index contributed by atoms with van der Waals surface area (Å²) in [7, 11) is 0. The van der Waals surface area contributed by atoms with E-state index in [-0.39, 0.29) is 6.61 Å². The molecular formula is C15H15ClO3. The van der Waals surface area contributed by atoms with Crippen LogP contribution in [0.15, 0.2) is 54.6 Å². The lowest BCUT2D eigenvalue weighted by molar-refractivity contribution is -0.00189. The molecule has 0 spiro atoms. The molecule has 0 aliphatic carbocycles. The molecule has 0 saturated heterocycles. The molecule has 3 nitrogen and oxygen atoms in total. The average Bonchev–Trinajstić information content (AvgIpc) is 2.47. The van der Waals surface area contributed by atoms with Crippen molar-refractivity contribution in [1.82, 2.24) is 0 Å². The molecule has 4 heteroatoms. The van der Waals surface area contributed by atoms with Crippen LogP contribution in [0.25, 0.3) is 0 Å². The zero-order chi connectivity index (χ0) is 13.7. The van der Waals surface area contributed by atoms with Crippen LogP contribution in [0.5, 0.6) is 5.75 Å². The van der Waals surface area contributed by atoms with Crippen molar-refractivity contribution >= 4 is 11.6 Å². The summed E-state index contributed by atoms with van der Waals surface area (Å²) in [5.41, 5.74) is 0.805. The molecular weight excluding hydrogens is 264 g/mol. The molecule has 2 atom stereocenters. The van der Waals surface area contributed by atoms with Gasteiger partial charge in [0.2, 0.25) is 0 Å². The van der Waals surface area contributed by atoms with Gasteiger partial charge in [-0.2, -0.15) is 0 Å². The quantitative estimate of drug-likeness (QED) is 0.884. The monoisotopic (exact) mass is 278 g/mol. The molecule has 0 heterocycles. The largest absolute Gasteiger partial charge is 0.483 e. The Morgan fingerprint density at radius 1 is 1.00 bits per heavy atom. The Hall–Kier alpha value is -1.55. The summed E-state index contributed by atoms with van der Waals surface area (Å²) in [6.07, 6.45) is -1.61. The highest BCUT2D eigenvalue weighted by atomic mass is 35.5. The van der Waals surface area contributed by atoms with Crippen LogP contribution in [0.3, 0.4) is 0 Å². The van der Waals surface area contributed by atoms with E-state index in [4.69, 9.17) is 21.4 Å². The number of benzene rings is 2. The minimum absolute atomic E-state index is 0.368. The maximum atomic E-state index is 9.89. The molecule has 0 unspecified atom stereocenters. The van der Waals surface area contributed by atoms with Crippen LogP contribution >= 0.6 is 11.6 Å². The van der Waals surface area contributed by atoms with E-state index in [1.54, 1.807) is 24.3 Å². The van der Waals surface area contributed by atoms with E-state index in [1.165, 1.54) is 0 Å². The fourth-order valence-corrected chi connectivity index (χ4v) is 1.89. The highest BCUT2D eigenvalue weighted by Gasteiger charge is 2.22.